The van der Waals surface area contributed by atoms with E-state index < -0.39 is 6.09 Å². The van der Waals surface area contributed by atoms with Crippen molar-refractivity contribution in [3.63, 3.8) is 0 Å². The first-order valence-corrected chi connectivity index (χ1v) is 11.1. The quantitative estimate of drug-likeness (QED) is 0.585. The van der Waals surface area contributed by atoms with E-state index in [1.165, 1.54) is 0 Å². The van der Waals surface area contributed by atoms with Crippen LogP contribution in [0.1, 0.15) is 17.5 Å². The predicted molar refractivity (Wildman–Crippen MR) is 122 cm³/mol. The molecule has 0 spiro atoms. The second kappa shape index (κ2) is 12.6. The number of carbonyl (C=O) groups excluding carboxylic acids is 2. The minimum atomic E-state index is -0.548. The molecule has 1 atom stereocenters. The molecule has 2 aromatic carbocycles. The first-order chi connectivity index (χ1) is 15.5. The van der Waals surface area contributed by atoms with E-state index in [0.717, 1.165) is 11.1 Å². The maximum Gasteiger partial charge on any atom is 0.407 e. The highest BCUT2D eigenvalue weighted by molar-refractivity contribution is 6.35. The molecule has 1 N–H and O–H groups in total. The molecule has 2 aromatic rings. The Labute approximate surface area is 197 Å². The van der Waals surface area contributed by atoms with Crippen LogP contribution >= 0.6 is 23.2 Å². The number of nitrogens with zero attached hydrogens (tertiary/aromatic N) is 1. The summed E-state index contributed by atoms with van der Waals surface area (Å²) >= 11 is 12.3. The summed E-state index contributed by atoms with van der Waals surface area (Å²) < 4.78 is 16.6. The van der Waals surface area contributed by atoms with Gasteiger partial charge in [-0.1, -0.05) is 59.6 Å². The number of nitrogens with one attached hydrogen (secondary N) is 1. The molecule has 1 fully saturated rings. The Kier molecular flexibility index (Phi) is 9.62. The van der Waals surface area contributed by atoms with Gasteiger partial charge in [-0.3, -0.25) is 4.79 Å². The van der Waals surface area contributed by atoms with Gasteiger partial charge in [0.25, 0.3) is 0 Å². The van der Waals surface area contributed by atoms with Gasteiger partial charge in [0, 0.05) is 41.7 Å². The minimum Gasteiger partial charge on any atom is -0.445 e. The smallest absolute Gasteiger partial charge is 0.407 e. The Morgan fingerprint density at radius 1 is 1.06 bits per heavy atom. The van der Waals surface area contributed by atoms with Crippen molar-refractivity contribution in [3.05, 3.63) is 69.7 Å². The molecule has 0 unspecified atom stereocenters. The molecule has 1 heterocycles. The largest absolute Gasteiger partial charge is 0.445 e. The number of morpholine rings is 1. The van der Waals surface area contributed by atoms with Crippen molar-refractivity contribution in [2.45, 2.75) is 25.7 Å². The standard InChI is InChI=1S/C23H26Cl2N2O5/c24-20-7-4-8-21(25)19(20)16-30-15-18-13-27(11-12-31-18)22(28)9-10-26-23(29)32-14-17-5-2-1-3-6-17/h1-8,18H,9-16H2,(H,26,29)/t18-/m0/s1. The predicted octanol–water partition coefficient (Wildman–Crippen LogP) is 4.05. The van der Waals surface area contributed by atoms with E-state index in [0.29, 0.717) is 36.3 Å². The Hall–Kier alpha value is -2.32. The van der Waals surface area contributed by atoms with Crippen molar-refractivity contribution in [2.24, 2.45) is 0 Å². The number of rotatable bonds is 9. The zero-order valence-corrected chi connectivity index (χ0v) is 19.1. The summed E-state index contributed by atoms with van der Waals surface area (Å²) in [4.78, 5) is 26.0. The van der Waals surface area contributed by atoms with E-state index in [2.05, 4.69) is 5.32 Å². The molecule has 172 valence electrons. The Bertz CT molecular complexity index is 877. The minimum absolute atomic E-state index is 0.0594. The second-order valence-electron chi connectivity index (χ2n) is 7.29. The maximum atomic E-state index is 12.5. The average Bonchev–Trinajstić information content (AvgIpc) is 2.80. The zero-order chi connectivity index (χ0) is 22.8. The van der Waals surface area contributed by atoms with Gasteiger partial charge >= 0.3 is 6.09 Å². The van der Waals surface area contributed by atoms with Crippen LogP contribution < -0.4 is 5.32 Å². The van der Waals surface area contributed by atoms with Gasteiger partial charge in [-0.15, -0.1) is 0 Å². The number of ether oxygens (including phenoxy) is 3. The topological polar surface area (TPSA) is 77.1 Å². The van der Waals surface area contributed by atoms with Crippen LogP contribution in [0.25, 0.3) is 0 Å². The van der Waals surface area contributed by atoms with Crippen molar-refractivity contribution in [1.82, 2.24) is 10.2 Å². The van der Waals surface area contributed by atoms with Crippen LogP contribution in [-0.4, -0.2) is 55.9 Å². The molecule has 2 amide bonds. The average molecular weight is 481 g/mol. The van der Waals surface area contributed by atoms with Gasteiger partial charge in [0.2, 0.25) is 5.91 Å². The van der Waals surface area contributed by atoms with Gasteiger partial charge in [-0.25, -0.2) is 4.79 Å². The molecule has 0 saturated carbocycles. The molecular formula is C23H26Cl2N2O5. The van der Waals surface area contributed by atoms with Gasteiger partial charge in [0.1, 0.15) is 6.61 Å². The van der Waals surface area contributed by atoms with E-state index in [-0.39, 0.29) is 38.2 Å². The van der Waals surface area contributed by atoms with Gasteiger partial charge in [-0.05, 0) is 17.7 Å². The SMILES string of the molecule is O=C(NCCC(=O)N1CCO[C@H](COCc2c(Cl)cccc2Cl)C1)OCc1ccccc1. The highest BCUT2D eigenvalue weighted by Crippen LogP contribution is 2.25. The monoisotopic (exact) mass is 480 g/mol. The molecule has 7 nitrogen and oxygen atoms in total. The Balaban J connectivity index is 1.33. The molecule has 0 radical (unpaired) electrons. The molecule has 0 bridgehead atoms. The molecule has 0 aromatic heterocycles. The van der Waals surface area contributed by atoms with Crippen molar-refractivity contribution in [1.29, 1.82) is 0 Å². The zero-order valence-electron chi connectivity index (χ0n) is 17.6. The van der Waals surface area contributed by atoms with Gasteiger partial charge in [0.15, 0.2) is 0 Å². The number of carbonyl (C=O) groups is 2. The molecule has 1 saturated heterocycles. The molecule has 9 heteroatoms. The molecule has 1 aliphatic heterocycles. The third-order valence-corrected chi connectivity index (χ3v) is 5.63. The maximum absolute atomic E-state index is 12.5. The highest BCUT2D eigenvalue weighted by atomic mass is 35.5. The normalized spacial score (nSPS) is 15.9. The van der Waals surface area contributed by atoms with Crippen LogP contribution in [0.3, 0.4) is 0 Å². The molecule has 32 heavy (non-hydrogen) atoms. The lowest BCUT2D eigenvalue weighted by Crippen LogP contribution is -2.47. The number of halogens is 2. The fourth-order valence-electron chi connectivity index (χ4n) is 3.21. The van der Waals surface area contributed by atoms with Crippen LogP contribution in [0.4, 0.5) is 4.79 Å². The van der Waals surface area contributed by atoms with Gasteiger partial charge in [0.05, 0.1) is 25.9 Å². The lowest BCUT2D eigenvalue weighted by Gasteiger charge is -2.33. The highest BCUT2D eigenvalue weighted by Gasteiger charge is 2.24. The summed E-state index contributed by atoms with van der Waals surface area (Å²) in [5.74, 6) is -0.0594. The fraction of sp³-hybridized carbons (Fsp3) is 0.391. The van der Waals surface area contributed by atoms with E-state index in [1.54, 1.807) is 23.1 Å². The van der Waals surface area contributed by atoms with Gasteiger partial charge < -0.3 is 24.4 Å². The fourth-order valence-corrected chi connectivity index (χ4v) is 3.72. The van der Waals surface area contributed by atoms with E-state index in [4.69, 9.17) is 37.4 Å². The third kappa shape index (κ3) is 7.67. The number of amides is 2. The Morgan fingerprint density at radius 3 is 2.56 bits per heavy atom. The number of benzene rings is 2. The summed E-state index contributed by atoms with van der Waals surface area (Å²) in [7, 11) is 0. The molecule has 0 aliphatic carbocycles. The molecular weight excluding hydrogens is 455 g/mol. The lowest BCUT2D eigenvalue weighted by molar-refractivity contribution is -0.141. The van der Waals surface area contributed by atoms with Crippen molar-refractivity contribution in [3.8, 4) is 0 Å². The van der Waals surface area contributed by atoms with Crippen LogP contribution in [-0.2, 0) is 32.2 Å². The number of alkyl carbamates (subject to hydrolysis) is 1. The van der Waals surface area contributed by atoms with Crippen molar-refractivity contribution in [2.75, 3.05) is 32.8 Å². The summed E-state index contributed by atoms with van der Waals surface area (Å²) in [6.45, 7) is 2.33. The molecule has 1 aliphatic rings. The second-order valence-corrected chi connectivity index (χ2v) is 8.10. The summed E-state index contributed by atoms with van der Waals surface area (Å²) in [5, 5.41) is 3.71. The van der Waals surface area contributed by atoms with Crippen LogP contribution in [0.2, 0.25) is 10.0 Å². The van der Waals surface area contributed by atoms with Crippen LogP contribution in [0.5, 0.6) is 0 Å². The third-order valence-electron chi connectivity index (χ3n) is 4.92. The first-order valence-electron chi connectivity index (χ1n) is 10.4. The summed E-state index contributed by atoms with van der Waals surface area (Å²) in [6, 6.07) is 14.7. The van der Waals surface area contributed by atoms with Crippen molar-refractivity contribution >= 4 is 35.2 Å². The molecule has 3 rings (SSSR count). The summed E-state index contributed by atoms with van der Waals surface area (Å²) in [6.07, 6.45) is -0.602. The van der Waals surface area contributed by atoms with Gasteiger partial charge in [-0.2, -0.15) is 0 Å². The number of hydrogen-bond acceptors (Lipinski definition) is 5. The Morgan fingerprint density at radius 2 is 1.81 bits per heavy atom. The van der Waals surface area contributed by atoms with Crippen molar-refractivity contribution < 1.29 is 23.8 Å². The first kappa shape index (κ1) is 24.3. The summed E-state index contributed by atoms with van der Waals surface area (Å²) in [5.41, 5.74) is 1.63. The number of hydrogen-bond donors (Lipinski definition) is 1. The van der Waals surface area contributed by atoms with E-state index in [1.807, 2.05) is 30.3 Å². The van der Waals surface area contributed by atoms with Crippen LogP contribution in [0.15, 0.2) is 48.5 Å². The van der Waals surface area contributed by atoms with E-state index in [9.17, 15) is 9.59 Å². The van der Waals surface area contributed by atoms with E-state index >= 15 is 0 Å². The lowest BCUT2D eigenvalue weighted by atomic mass is 10.2. The van der Waals surface area contributed by atoms with Crippen LogP contribution in [0, 0.1) is 0 Å².